The lowest BCUT2D eigenvalue weighted by molar-refractivity contribution is 0.918. The average molecular weight is 319 g/mol. The summed E-state index contributed by atoms with van der Waals surface area (Å²) in [5, 5.41) is 11.5. The van der Waals surface area contributed by atoms with Crippen molar-refractivity contribution in [1.82, 2.24) is 4.98 Å². The highest BCUT2D eigenvalue weighted by atomic mass is 32.2. The minimum absolute atomic E-state index is 0.648. The van der Waals surface area contributed by atoms with Gasteiger partial charge in [-0.3, -0.25) is 0 Å². The number of thioether (sulfide) groups is 1. The number of para-hydroxylation sites is 1. The van der Waals surface area contributed by atoms with E-state index >= 15 is 0 Å². The van der Waals surface area contributed by atoms with Gasteiger partial charge in [0.25, 0.3) is 0 Å². The Balaban J connectivity index is 2.16. The van der Waals surface area contributed by atoms with E-state index in [0.29, 0.717) is 5.56 Å². The van der Waals surface area contributed by atoms with Crippen LogP contribution in [0, 0.1) is 11.3 Å². The van der Waals surface area contributed by atoms with Gasteiger partial charge in [0.05, 0.1) is 11.2 Å². The molecule has 2 aromatic carbocycles. The van der Waals surface area contributed by atoms with Crippen molar-refractivity contribution in [2.75, 3.05) is 18.2 Å². The first-order valence-corrected chi connectivity index (χ1v) is 8.59. The van der Waals surface area contributed by atoms with Crippen LogP contribution in [0.15, 0.2) is 59.6 Å². The molecule has 0 bridgehead atoms. The van der Waals surface area contributed by atoms with Crippen LogP contribution in [0.1, 0.15) is 11.1 Å². The predicted octanol–water partition coefficient (Wildman–Crippen LogP) is 4.46. The number of hydrogen-bond donors (Lipinski definition) is 0. The first kappa shape index (κ1) is 15.4. The van der Waals surface area contributed by atoms with Gasteiger partial charge in [-0.2, -0.15) is 5.26 Å². The molecule has 0 aliphatic carbocycles. The quantitative estimate of drug-likeness (QED) is 0.665. The number of nitriles is 1. The Morgan fingerprint density at radius 2 is 1.78 bits per heavy atom. The summed E-state index contributed by atoms with van der Waals surface area (Å²) in [6.07, 6.45) is 1.96. The zero-order valence-electron chi connectivity index (χ0n) is 13.2. The highest BCUT2D eigenvalue weighted by molar-refractivity contribution is 7.98. The fraction of sp³-hybridized carbons (Fsp3) is 0.158. The zero-order valence-corrected chi connectivity index (χ0v) is 14.0. The van der Waals surface area contributed by atoms with E-state index in [1.165, 1.54) is 17.3 Å². The van der Waals surface area contributed by atoms with E-state index in [4.69, 9.17) is 0 Å². The highest BCUT2D eigenvalue weighted by Gasteiger charge is 2.17. The van der Waals surface area contributed by atoms with Crippen LogP contribution in [-0.2, 0) is 6.54 Å². The van der Waals surface area contributed by atoms with Crippen molar-refractivity contribution in [3.05, 3.63) is 65.7 Å². The second-order valence-electron chi connectivity index (χ2n) is 5.32. The van der Waals surface area contributed by atoms with Gasteiger partial charge in [-0.05, 0) is 17.9 Å². The number of nitrogens with zero attached hydrogens (tertiary/aromatic N) is 3. The lowest BCUT2D eigenvalue weighted by Crippen LogP contribution is -2.18. The number of pyridine rings is 1. The summed E-state index contributed by atoms with van der Waals surface area (Å²) in [4.78, 5) is 6.76. The van der Waals surface area contributed by atoms with Crippen LogP contribution in [-0.4, -0.2) is 18.3 Å². The van der Waals surface area contributed by atoms with Gasteiger partial charge in [-0.25, -0.2) is 4.98 Å². The van der Waals surface area contributed by atoms with E-state index in [1.807, 2.05) is 55.8 Å². The highest BCUT2D eigenvalue weighted by Crippen LogP contribution is 2.34. The molecule has 0 N–H and O–H groups in total. The zero-order chi connectivity index (χ0) is 16.2. The topological polar surface area (TPSA) is 39.9 Å². The molecule has 0 unspecified atom stereocenters. The summed E-state index contributed by atoms with van der Waals surface area (Å²) < 4.78 is 0. The predicted molar refractivity (Wildman–Crippen MR) is 96.8 cm³/mol. The maximum absolute atomic E-state index is 9.67. The molecule has 0 amide bonds. The molecule has 23 heavy (non-hydrogen) atoms. The monoisotopic (exact) mass is 319 g/mol. The van der Waals surface area contributed by atoms with Crippen LogP contribution >= 0.6 is 11.8 Å². The molecule has 4 heteroatoms. The van der Waals surface area contributed by atoms with Gasteiger partial charge in [-0.15, -0.1) is 11.8 Å². The maximum atomic E-state index is 9.67. The number of aromatic nitrogens is 1. The van der Waals surface area contributed by atoms with Crippen LogP contribution in [0.2, 0.25) is 0 Å². The SMILES string of the molecule is CSc1nc2ccccc2c(N(C)Cc2ccccc2)c1C#N. The summed E-state index contributed by atoms with van der Waals surface area (Å²) in [6.45, 7) is 0.747. The minimum Gasteiger partial charge on any atom is -0.369 e. The van der Waals surface area contributed by atoms with Crippen LogP contribution in [0.4, 0.5) is 5.69 Å². The van der Waals surface area contributed by atoms with E-state index in [9.17, 15) is 5.26 Å². The molecule has 0 saturated heterocycles. The molecular formula is C19H17N3S. The second kappa shape index (κ2) is 6.72. The molecule has 0 aliphatic rings. The van der Waals surface area contributed by atoms with Crippen LogP contribution in [0.3, 0.4) is 0 Å². The third-order valence-electron chi connectivity index (χ3n) is 3.78. The average Bonchev–Trinajstić information content (AvgIpc) is 2.60. The molecular weight excluding hydrogens is 302 g/mol. The van der Waals surface area contributed by atoms with Gasteiger partial charge in [0.15, 0.2) is 0 Å². The first-order chi connectivity index (χ1) is 11.2. The fourth-order valence-electron chi connectivity index (χ4n) is 2.75. The van der Waals surface area contributed by atoms with Gasteiger partial charge in [-0.1, -0.05) is 48.5 Å². The van der Waals surface area contributed by atoms with E-state index < -0.39 is 0 Å². The molecule has 0 atom stereocenters. The normalized spacial score (nSPS) is 10.5. The third-order valence-corrected chi connectivity index (χ3v) is 4.46. The molecule has 3 aromatic rings. The van der Waals surface area contributed by atoms with Crippen LogP contribution in [0.25, 0.3) is 10.9 Å². The summed E-state index contributed by atoms with van der Waals surface area (Å²) in [6, 6.07) is 20.6. The van der Waals surface area contributed by atoms with E-state index in [0.717, 1.165) is 28.2 Å². The largest absolute Gasteiger partial charge is 0.369 e. The fourth-order valence-corrected chi connectivity index (χ4v) is 3.29. The summed E-state index contributed by atoms with van der Waals surface area (Å²) in [5.41, 5.74) is 3.73. The summed E-state index contributed by atoms with van der Waals surface area (Å²) in [7, 11) is 2.03. The lowest BCUT2D eigenvalue weighted by Gasteiger charge is -2.23. The smallest absolute Gasteiger partial charge is 0.116 e. The molecule has 0 radical (unpaired) electrons. The van der Waals surface area contributed by atoms with Crippen molar-refractivity contribution >= 4 is 28.4 Å². The Hall–Kier alpha value is -2.51. The van der Waals surface area contributed by atoms with Gasteiger partial charge < -0.3 is 4.90 Å². The number of benzene rings is 2. The van der Waals surface area contributed by atoms with Crippen molar-refractivity contribution in [2.45, 2.75) is 11.6 Å². The Bertz CT molecular complexity index is 869. The van der Waals surface area contributed by atoms with Crippen molar-refractivity contribution in [1.29, 1.82) is 5.26 Å². The third kappa shape index (κ3) is 3.01. The van der Waals surface area contributed by atoms with Gasteiger partial charge in [0, 0.05) is 19.0 Å². The minimum atomic E-state index is 0.648. The van der Waals surface area contributed by atoms with Gasteiger partial charge in [0.1, 0.15) is 16.7 Å². The molecule has 3 rings (SSSR count). The molecule has 0 aliphatic heterocycles. The van der Waals surface area contributed by atoms with Crippen molar-refractivity contribution in [3.8, 4) is 6.07 Å². The van der Waals surface area contributed by atoms with Gasteiger partial charge >= 0.3 is 0 Å². The Labute approximate surface area is 140 Å². The standard InChI is InChI=1S/C19H17N3S/c1-22(13-14-8-4-3-5-9-14)18-15-10-6-7-11-17(15)21-19(23-2)16(18)12-20/h3-11H,13H2,1-2H3. The Kier molecular flexibility index (Phi) is 4.50. The molecule has 0 fully saturated rings. The molecule has 0 saturated carbocycles. The van der Waals surface area contributed by atoms with Gasteiger partial charge in [0.2, 0.25) is 0 Å². The maximum Gasteiger partial charge on any atom is 0.116 e. The van der Waals surface area contributed by atoms with Crippen molar-refractivity contribution in [2.24, 2.45) is 0 Å². The number of rotatable bonds is 4. The van der Waals surface area contributed by atoms with E-state index in [1.54, 1.807) is 0 Å². The molecule has 114 valence electrons. The lowest BCUT2D eigenvalue weighted by atomic mass is 10.1. The Morgan fingerprint density at radius 3 is 2.48 bits per heavy atom. The number of fused-ring (bicyclic) bond motifs is 1. The number of hydrogen-bond acceptors (Lipinski definition) is 4. The summed E-state index contributed by atoms with van der Waals surface area (Å²) >= 11 is 1.51. The van der Waals surface area contributed by atoms with E-state index in [-0.39, 0.29) is 0 Å². The summed E-state index contributed by atoms with van der Waals surface area (Å²) in [5.74, 6) is 0. The second-order valence-corrected chi connectivity index (χ2v) is 6.11. The Morgan fingerprint density at radius 1 is 1.09 bits per heavy atom. The molecule has 1 aromatic heterocycles. The molecule has 3 nitrogen and oxygen atoms in total. The van der Waals surface area contributed by atoms with Crippen LogP contribution < -0.4 is 4.90 Å². The van der Waals surface area contributed by atoms with Crippen molar-refractivity contribution < 1.29 is 0 Å². The van der Waals surface area contributed by atoms with E-state index in [2.05, 4.69) is 28.1 Å². The van der Waals surface area contributed by atoms with Crippen LogP contribution in [0.5, 0.6) is 0 Å². The first-order valence-electron chi connectivity index (χ1n) is 7.36. The molecule has 0 spiro atoms. The number of anilines is 1. The molecule has 1 heterocycles. The van der Waals surface area contributed by atoms with Crippen molar-refractivity contribution in [3.63, 3.8) is 0 Å².